The van der Waals surface area contributed by atoms with Crippen LogP contribution >= 0.6 is 0 Å². The Kier molecular flexibility index (Phi) is 4.83. The van der Waals surface area contributed by atoms with Crippen LogP contribution < -0.4 is 0 Å². The normalized spacial score (nSPS) is 13.1. The van der Waals surface area contributed by atoms with E-state index in [-0.39, 0.29) is 6.61 Å². The molecule has 1 atom stereocenters. The van der Waals surface area contributed by atoms with Gasteiger partial charge in [-0.05, 0) is 25.0 Å². The number of halogens is 2. The molecule has 0 heterocycles. The fourth-order valence-electron chi connectivity index (χ4n) is 1.56. The van der Waals surface area contributed by atoms with Gasteiger partial charge in [0, 0.05) is 0 Å². The van der Waals surface area contributed by atoms with Gasteiger partial charge in [0.2, 0.25) is 0 Å². The van der Waals surface area contributed by atoms with Crippen LogP contribution in [-0.2, 0) is 4.74 Å². The molecular weight excluding hydrogens is 214 g/mol. The van der Waals surface area contributed by atoms with Crippen molar-refractivity contribution in [2.45, 2.75) is 26.4 Å². The van der Waals surface area contributed by atoms with Crippen LogP contribution in [0.5, 0.6) is 0 Å². The highest BCUT2D eigenvalue weighted by Gasteiger charge is 2.11. The first-order valence-electron chi connectivity index (χ1n) is 5.12. The molecule has 1 unspecified atom stereocenters. The van der Waals surface area contributed by atoms with Crippen LogP contribution in [-0.4, -0.2) is 24.7 Å². The van der Waals surface area contributed by atoms with Gasteiger partial charge >= 0.3 is 0 Å². The monoisotopic (exact) mass is 230 g/mol. The van der Waals surface area contributed by atoms with Crippen molar-refractivity contribution in [3.8, 4) is 0 Å². The Morgan fingerprint density at radius 3 is 2.50 bits per heavy atom. The van der Waals surface area contributed by atoms with Gasteiger partial charge in [0.25, 0.3) is 6.43 Å². The van der Waals surface area contributed by atoms with E-state index in [4.69, 9.17) is 4.74 Å². The van der Waals surface area contributed by atoms with E-state index in [1.165, 1.54) is 0 Å². The number of aliphatic hydroxyl groups is 1. The second-order valence-electron chi connectivity index (χ2n) is 3.80. The number of aryl methyl sites for hydroxylation is 2. The van der Waals surface area contributed by atoms with Crippen LogP contribution in [0.3, 0.4) is 0 Å². The lowest BCUT2D eigenvalue weighted by Gasteiger charge is -2.14. The number of aliphatic hydroxyl groups excluding tert-OH is 1. The molecule has 16 heavy (non-hydrogen) atoms. The summed E-state index contributed by atoms with van der Waals surface area (Å²) in [7, 11) is 0. The molecule has 1 rings (SSSR count). The third kappa shape index (κ3) is 3.87. The zero-order chi connectivity index (χ0) is 12.1. The first-order chi connectivity index (χ1) is 7.50. The summed E-state index contributed by atoms with van der Waals surface area (Å²) in [4.78, 5) is 0. The predicted octanol–water partition coefficient (Wildman–Crippen LogP) is 2.62. The number of benzene rings is 1. The molecule has 90 valence electrons. The van der Waals surface area contributed by atoms with Crippen molar-refractivity contribution in [1.29, 1.82) is 0 Å². The van der Waals surface area contributed by atoms with E-state index in [9.17, 15) is 13.9 Å². The van der Waals surface area contributed by atoms with Gasteiger partial charge in [-0.1, -0.05) is 23.8 Å². The van der Waals surface area contributed by atoms with Crippen molar-refractivity contribution in [1.82, 2.24) is 0 Å². The largest absolute Gasteiger partial charge is 0.386 e. The Morgan fingerprint density at radius 1 is 1.25 bits per heavy atom. The van der Waals surface area contributed by atoms with Gasteiger partial charge in [-0.2, -0.15) is 0 Å². The maximum absolute atomic E-state index is 11.8. The van der Waals surface area contributed by atoms with Crippen molar-refractivity contribution in [2.24, 2.45) is 0 Å². The van der Waals surface area contributed by atoms with Crippen LogP contribution in [0.1, 0.15) is 22.8 Å². The van der Waals surface area contributed by atoms with Gasteiger partial charge in [0.15, 0.2) is 0 Å². The second kappa shape index (κ2) is 5.92. The lowest BCUT2D eigenvalue weighted by Crippen LogP contribution is -2.12. The zero-order valence-corrected chi connectivity index (χ0v) is 9.41. The highest BCUT2D eigenvalue weighted by molar-refractivity contribution is 5.31. The molecule has 1 aromatic carbocycles. The molecule has 0 fully saturated rings. The van der Waals surface area contributed by atoms with Crippen molar-refractivity contribution >= 4 is 0 Å². The molecule has 0 aliphatic carbocycles. The van der Waals surface area contributed by atoms with E-state index in [1.54, 1.807) is 6.07 Å². The number of alkyl halides is 2. The molecular formula is C12H16F2O2. The summed E-state index contributed by atoms with van der Waals surface area (Å²) in [6.45, 7) is 3.09. The van der Waals surface area contributed by atoms with Gasteiger partial charge in [-0.3, -0.25) is 0 Å². The van der Waals surface area contributed by atoms with Crippen molar-refractivity contribution in [2.75, 3.05) is 13.2 Å². The fraction of sp³-hybridized carbons (Fsp3) is 0.500. The number of rotatable bonds is 5. The summed E-state index contributed by atoms with van der Waals surface area (Å²) in [5.74, 6) is 0. The number of ether oxygens (including phenoxy) is 1. The number of hydrogen-bond acceptors (Lipinski definition) is 2. The molecule has 0 radical (unpaired) electrons. The maximum Gasteiger partial charge on any atom is 0.261 e. The minimum Gasteiger partial charge on any atom is -0.386 e. The molecule has 2 nitrogen and oxygen atoms in total. The zero-order valence-electron chi connectivity index (χ0n) is 9.41. The molecule has 0 amide bonds. The molecule has 0 aliphatic rings. The Balaban J connectivity index is 2.55. The van der Waals surface area contributed by atoms with Crippen LogP contribution in [0.15, 0.2) is 18.2 Å². The van der Waals surface area contributed by atoms with E-state index in [0.29, 0.717) is 0 Å². The summed E-state index contributed by atoms with van der Waals surface area (Å²) in [5.41, 5.74) is 2.76. The van der Waals surface area contributed by atoms with Crippen LogP contribution in [0, 0.1) is 13.8 Å². The molecule has 0 saturated heterocycles. The lowest BCUT2D eigenvalue weighted by molar-refractivity contribution is -0.0205. The first kappa shape index (κ1) is 13.1. The molecule has 4 heteroatoms. The summed E-state index contributed by atoms with van der Waals surface area (Å²) in [6, 6.07) is 5.60. The first-order valence-corrected chi connectivity index (χ1v) is 5.12. The standard InChI is InChI=1S/C12H16F2O2/c1-8-3-4-10(9(2)5-8)11(15)6-16-7-12(13)14/h3-5,11-12,15H,6-7H2,1-2H3. The van der Waals surface area contributed by atoms with E-state index in [2.05, 4.69) is 0 Å². The van der Waals surface area contributed by atoms with Crippen molar-refractivity contribution in [3.63, 3.8) is 0 Å². The molecule has 0 aromatic heterocycles. The van der Waals surface area contributed by atoms with E-state index in [0.717, 1.165) is 16.7 Å². The predicted molar refractivity (Wildman–Crippen MR) is 57.7 cm³/mol. The summed E-state index contributed by atoms with van der Waals surface area (Å²) in [5, 5.41) is 9.74. The average Bonchev–Trinajstić information content (AvgIpc) is 2.16. The van der Waals surface area contributed by atoms with Gasteiger partial charge < -0.3 is 9.84 Å². The van der Waals surface area contributed by atoms with Gasteiger partial charge in [-0.15, -0.1) is 0 Å². The highest BCUT2D eigenvalue weighted by atomic mass is 19.3. The molecule has 0 saturated carbocycles. The number of hydrogen-bond donors (Lipinski definition) is 1. The van der Waals surface area contributed by atoms with Gasteiger partial charge in [0.1, 0.15) is 12.7 Å². The van der Waals surface area contributed by atoms with Crippen LogP contribution in [0.4, 0.5) is 8.78 Å². The summed E-state index contributed by atoms with van der Waals surface area (Å²) in [6.07, 6.45) is -3.34. The average molecular weight is 230 g/mol. The quantitative estimate of drug-likeness (QED) is 0.842. The Labute approximate surface area is 93.9 Å². The Bertz CT molecular complexity index is 340. The Morgan fingerprint density at radius 2 is 1.94 bits per heavy atom. The van der Waals surface area contributed by atoms with Crippen molar-refractivity contribution < 1.29 is 18.6 Å². The minimum absolute atomic E-state index is 0.103. The molecule has 1 aromatic rings. The highest BCUT2D eigenvalue weighted by Crippen LogP contribution is 2.19. The lowest BCUT2D eigenvalue weighted by atomic mass is 10.0. The van der Waals surface area contributed by atoms with Crippen LogP contribution in [0.25, 0.3) is 0 Å². The topological polar surface area (TPSA) is 29.5 Å². The third-order valence-electron chi connectivity index (χ3n) is 2.30. The summed E-state index contributed by atoms with van der Waals surface area (Å²) >= 11 is 0. The maximum atomic E-state index is 11.8. The Hall–Kier alpha value is -1.00. The van der Waals surface area contributed by atoms with Crippen molar-refractivity contribution in [3.05, 3.63) is 34.9 Å². The van der Waals surface area contributed by atoms with Gasteiger partial charge in [-0.25, -0.2) is 8.78 Å². The van der Waals surface area contributed by atoms with E-state index < -0.39 is 19.1 Å². The fourth-order valence-corrected chi connectivity index (χ4v) is 1.56. The van der Waals surface area contributed by atoms with E-state index in [1.807, 2.05) is 26.0 Å². The molecule has 0 spiro atoms. The molecule has 1 N–H and O–H groups in total. The molecule has 0 aliphatic heterocycles. The summed E-state index contributed by atoms with van der Waals surface area (Å²) < 4.78 is 28.3. The second-order valence-corrected chi connectivity index (χ2v) is 3.80. The third-order valence-corrected chi connectivity index (χ3v) is 2.30. The smallest absolute Gasteiger partial charge is 0.261 e. The van der Waals surface area contributed by atoms with E-state index >= 15 is 0 Å². The minimum atomic E-state index is -2.49. The SMILES string of the molecule is Cc1ccc(C(O)COCC(F)F)c(C)c1. The van der Waals surface area contributed by atoms with Gasteiger partial charge in [0.05, 0.1) is 6.61 Å². The van der Waals surface area contributed by atoms with Crippen LogP contribution in [0.2, 0.25) is 0 Å². The molecule has 0 bridgehead atoms.